The quantitative estimate of drug-likeness (QED) is 0.828. The van der Waals surface area contributed by atoms with E-state index in [9.17, 15) is 14.7 Å². The normalized spacial score (nSPS) is 15.2. The van der Waals surface area contributed by atoms with Crippen molar-refractivity contribution in [1.82, 2.24) is 0 Å². The van der Waals surface area contributed by atoms with E-state index < -0.39 is 11.7 Å². The van der Waals surface area contributed by atoms with Crippen LogP contribution >= 0.6 is 15.9 Å². The highest BCUT2D eigenvalue weighted by Crippen LogP contribution is 2.34. The van der Waals surface area contributed by atoms with Crippen molar-refractivity contribution in [3.05, 3.63) is 22.2 Å². The third-order valence-electron chi connectivity index (χ3n) is 3.08. The first-order chi connectivity index (χ1) is 8.90. The predicted octanol–water partition coefficient (Wildman–Crippen LogP) is 1.79. The van der Waals surface area contributed by atoms with Crippen molar-refractivity contribution in [3.63, 3.8) is 0 Å². The molecule has 1 amide bonds. The standard InChI is InChI=1S/C13H15BrN2O3/c1-7(17)3-4-16(2)11-6-10-8(5-9(11)14)12(18)13(19)15-10/h5-7,17H,3-4H2,1-2H3,(H,15,18,19). The van der Waals surface area contributed by atoms with Crippen LogP contribution in [-0.4, -0.2) is 36.5 Å². The molecule has 0 aliphatic carbocycles. The molecule has 1 aliphatic rings. The average molecular weight is 327 g/mol. The smallest absolute Gasteiger partial charge is 0.296 e. The number of carbonyl (C=O) groups excluding carboxylic acids is 2. The zero-order valence-electron chi connectivity index (χ0n) is 10.7. The summed E-state index contributed by atoms with van der Waals surface area (Å²) in [6.45, 7) is 2.42. The van der Waals surface area contributed by atoms with Gasteiger partial charge < -0.3 is 15.3 Å². The summed E-state index contributed by atoms with van der Waals surface area (Å²) in [5.41, 5.74) is 1.80. The number of aliphatic hydroxyl groups excluding tert-OH is 1. The second kappa shape index (κ2) is 5.30. The van der Waals surface area contributed by atoms with Gasteiger partial charge in [0.25, 0.3) is 11.7 Å². The fraction of sp³-hybridized carbons (Fsp3) is 0.385. The number of fused-ring (bicyclic) bond motifs is 1. The molecule has 0 fully saturated rings. The molecule has 6 heteroatoms. The Labute approximate surface area is 119 Å². The van der Waals surface area contributed by atoms with E-state index in [0.29, 0.717) is 24.2 Å². The van der Waals surface area contributed by atoms with Gasteiger partial charge in [0, 0.05) is 18.1 Å². The van der Waals surface area contributed by atoms with Crippen LogP contribution in [0.5, 0.6) is 0 Å². The molecule has 0 saturated heterocycles. The molecule has 1 heterocycles. The number of nitrogens with one attached hydrogen (secondary N) is 1. The molecule has 0 aromatic heterocycles. The van der Waals surface area contributed by atoms with Gasteiger partial charge in [-0.05, 0) is 41.4 Å². The second-order valence-corrected chi connectivity index (χ2v) is 5.55. The van der Waals surface area contributed by atoms with Gasteiger partial charge in [0.1, 0.15) is 0 Å². The molecule has 0 radical (unpaired) electrons. The monoisotopic (exact) mass is 326 g/mol. The highest BCUT2D eigenvalue weighted by atomic mass is 79.9. The van der Waals surface area contributed by atoms with Crippen LogP contribution in [0.15, 0.2) is 16.6 Å². The molecule has 5 nitrogen and oxygen atoms in total. The van der Waals surface area contributed by atoms with Gasteiger partial charge in [-0.1, -0.05) is 0 Å². The number of nitrogens with zero attached hydrogens (tertiary/aromatic N) is 1. The van der Waals surface area contributed by atoms with Crippen LogP contribution in [0, 0.1) is 0 Å². The minimum Gasteiger partial charge on any atom is -0.393 e. The molecule has 2 N–H and O–H groups in total. The lowest BCUT2D eigenvalue weighted by atomic mass is 10.1. The number of aliphatic hydroxyl groups is 1. The third-order valence-corrected chi connectivity index (χ3v) is 3.71. The zero-order valence-corrected chi connectivity index (χ0v) is 12.3. The number of halogens is 1. The van der Waals surface area contributed by atoms with Crippen molar-refractivity contribution in [3.8, 4) is 0 Å². The van der Waals surface area contributed by atoms with Crippen molar-refractivity contribution in [2.75, 3.05) is 23.8 Å². The Hall–Kier alpha value is -1.40. The lowest BCUT2D eigenvalue weighted by Crippen LogP contribution is -2.22. The van der Waals surface area contributed by atoms with E-state index in [-0.39, 0.29) is 6.10 Å². The molecular formula is C13H15BrN2O3. The van der Waals surface area contributed by atoms with Crippen LogP contribution in [0.25, 0.3) is 0 Å². The first-order valence-corrected chi connectivity index (χ1v) is 6.78. The Kier molecular flexibility index (Phi) is 3.91. The summed E-state index contributed by atoms with van der Waals surface area (Å²) in [5.74, 6) is -1.10. The van der Waals surface area contributed by atoms with Crippen LogP contribution in [0.1, 0.15) is 23.7 Å². The summed E-state index contributed by atoms with van der Waals surface area (Å²) < 4.78 is 0.754. The number of hydrogen-bond donors (Lipinski definition) is 2. The maximum absolute atomic E-state index is 11.6. The third kappa shape index (κ3) is 2.79. The SMILES string of the molecule is CC(O)CCN(C)c1cc2c(cc1Br)C(=O)C(=O)N2. The van der Waals surface area contributed by atoms with Crippen molar-refractivity contribution >= 4 is 39.0 Å². The number of carbonyl (C=O) groups is 2. The van der Waals surface area contributed by atoms with Crippen molar-refractivity contribution in [2.24, 2.45) is 0 Å². The Morgan fingerprint density at radius 1 is 1.42 bits per heavy atom. The van der Waals surface area contributed by atoms with Gasteiger partial charge in [-0.2, -0.15) is 0 Å². The number of Topliss-reactive ketones (excluding diaryl/α,β-unsaturated/α-hetero) is 1. The molecule has 1 atom stereocenters. The lowest BCUT2D eigenvalue weighted by Gasteiger charge is -2.22. The van der Waals surface area contributed by atoms with E-state index in [1.54, 1.807) is 19.1 Å². The van der Waals surface area contributed by atoms with E-state index >= 15 is 0 Å². The molecule has 0 bridgehead atoms. The summed E-state index contributed by atoms with van der Waals surface area (Å²) in [6, 6.07) is 3.42. The van der Waals surface area contributed by atoms with Crippen LogP contribution in [0.2, 0.25) is 0 Å². The Morgan fingerprint density at radius 2 is 2.11 bits per heavy atom. The van der Waals surface area contributed by atoms with Gasteiger partial charge in [0.2, 0.25) is 0 Å². The number of ketones is 1. The van der Waals surface area contributed by atoms with Gasteiger partial charge in [-0.15, -0.1) is 0 Å². The number of rotatable bonds is 4. The van der Waals surface area contributed by atoms with E-state index in [1.165, 1.54) is 0 Å². The minimum atomic E-state index is -0.592. The van der Waals surface area contributed by atoms with E-state index in [0.717, 1.165) is 10.2 Å². The summed E-state index contributed by atoms with van der Waals surface area (Å²) in [4.78, 5) is 24.8. The van der Waals surface area contributed by atoms with Crippen LogP contribution in [-0.2, 0) is 4.79 Å². The average Bonchev–Trinajstić information content (AvgIpc) is 2.61. The maximum Gasteiger partial charge on any atom is 0.296 e. The lowest BCUT2D eigenvalue weighted by molar-refractivity contribution is -0.112. The zero-order chi connectivity index (χ0) is 14.2. The number of hydrogen-bond acceptors (Lipinski definition) is 4. The Morgan fingerprint density at radius 3 is 2.74 bits per heavy atom. The van der Waals surface area contributed by atoms with Crippen LogP contribution < -0.4 is 10.2 Å². The van der Waals surface area contributed by atoms with Gasteiger partial charge >= 0.3 is 0 Å². The maximum atomic E-state index is 11.6. The number of anilines is 2. The van der Waals surface area contributed by atoms with Gasteiger partial charge in [-0.3, -0.25) is 9.59 Å². The summed E-state index contributed by atoms with van der Waals surface area (Å²) in [5, 5.41) is 11.9. The second-order valence-electron chi connectivity index (χ2n) is 4.69. The van der Waals surface area contributed by atoms with Gasteiger partial charge in [0.15, 0.2) is 0 Å². The molecule has 0 spiro atoms. The Balaban J connectivity index is 2.27. The number of amides is 1. The molecule has 1 aromatic carbocycles. The van der Waals surface area contributed by atoms with E-state index in [2.05, 4.69) is 21.2 Å². The van der Waals surface area contributed by atoms with Crippen molar-refractivity contribution in [2.45, 2.75) is 19.4 Å². The molecule has 102 valence electrons. The first kappa shape index (κ1) is 14.0. The summed E-state index contributed by atoms with van der Waals surface area (Å²) >= 11 is 3.41. The topological polar surface area (TPSA) is 69.6 Å². The minimum absolute atomic E-state index is 0.364. The van der Waals surface area contributed by atoms with Crippen LogP contribution in [0.4, 0.5) is 11.4 Å². The predicted molar refractivity (Wildman–Crippen MR) is 76.7 cm³/mol. The van der Waals surface area contributed by atoms with Crippen molar-refractivity contribution in [1.29, 1.82) is 0 Å². The number of benzene rings is 1. The Bertz CT molecular complexity index is 543. The molecule has 2 rings (SSSR count). The highest BCUT2D eigenvalue weighted by Gasteiger charge is 2.29. The fourth-order valence-electron chi connectivity index (χ4n) is 1.95. The van der Waals surface area contributed by atoms with Gasteiger partial charge in [-0.25, -0.2) is 0 Å². The first-order valence-electron chi connectivity index (χ1n) is 5.98. The summed E-state index contributed by atoms with van der Waals surface area (Å²) in [7, 11) is 1.90. The highest BCUT2D eigenvalue weighted by molar-refractivity contribution is 9.10. The molecule has 19 heavy (non-hydrogen) atoms. The van der Waals surface area contributed by atoms with Gasteiger partial charge in [0.05, 0.1) is 23.0 Å². The molecule has 1 aliphatic heterocycles. The molecule has 1 unspecified atom stereocenters. The summed E-state index contributed by atoms with van der Waals surface area (Å²) in [6.07, 6.45) is 0.280. The van der Waals surface area contributed by atoms with Crippen molar-refractivity contribution < 1.29 is 14.7 Å². The van der Waals surface area contributed by atoms with E-state index in [4.69, 9.17) is 0 Å². The molecular weight excluding hydrogens is 312 g/mol. The molecule has 1 aromatic rings. The molecule has 0 saturated carbocycles. The van der Waals surface area contributed by atoms with E-state index in [1.807, 2.05) is 11.9 Å². The van der Waals surface area contributed by atoms with Crippen LogP contribution in [0.3, 0.4) is 0 Å². The fourth-order valence-corrected chi connectivity index (χ4v) is 2.59. The largest absolute Gasteiger partial charge is 0.393 e.